The van der Waals surface area contributed by atoms with Crippen LogP contribution in [0.3, 0.4) is 0 Å². The van der Waals surface area contributed by atoms with Crippen LogP contribution >= 0.6 is 11.6 Å². The Bertz CT molecular complexity index is 588. The fourth-order valence-corrected chi connectivity index (χ4v) is 2.26. The van der Waals surface area contributed by atoms with E-state index in [1.54, 1.807) is 18.8 Å². The van der Waals surface area contributed by atoms with Crippen molar-refractivity contribution in [3.8, 4) is 11.5 Å². The number of aromatic nitrogens is 2. The Hall–Kier alpha value is -1.72. The summed E-state index contributed by atoms with van der Waals surface area (Å²) >= 11 is 6.19. The van der Waals surface area contributed by atoms with Gasteiger partial charge in [-0.25, -0.2) is 0 Å². The average Bonchev–Trinajstić information content (AvgIpc) is 2.69. The van der Waals surface area contributed by atoms with E-state index in [0.717, 1.165) is 16.8 Å². The molecule has 0 spiro atoms. The molecular weight excluding hydrogens is 278 g/mol. The Morgan fingerprint density at radius 3 is 2.70 bits per heavy atom. The standard InChI is InChI=1S/C14H18ClN3O2/c1-9-11(14(15)18(2)17-9)8-20-13-10(7-16)5-4-6-12(13)19-3/h4-6H,7-8,16H2,1-3H3. The molecule has 0 bridgehead atoms. The predicted molar refractivity (Wildman–Crippen MR) is 78.2 cm³/mol. The number of aryl methyl sites for hydroxylation is 2. The molecule has 0 amide bonds. The van der Waals surface area contributed by atoms with Gasteiger partial charge in [0.1, 0.15) is 11.8 Å². The molecule has 0 radical (unpaired) electrons. The fraction of sp³-hybridized carbons (Fsp3) is 0.357. The number of hydrogen-bond acceptors (Lipinski definition) is 4. The lowest BCUT2D eigenvalue weighted by atomic mass is 10.2. The molecule has 20 heavy (non-hydrogen) atoms. The Balaban J connectivity index is 2.26. The lowest BCUT2D eigenvalue weighted by molar-refractivity contribution is 0.281. The molecule has 1 heterocycles. The molecule has 0 unspecified atom stereocenters. The molecule has 0 aliphatic rings. The summed E-state index contributed by atoms with van der Waals surface area (Å²) in [7, 11) is 3.40. The quantitative estimate of drug-likeness (QED) is 0.920. The van der Waals surface area contributed by atoms with Gasteiger partial charge in [-0.3, -0.25) is 4.68 Å². The molecule has 0 atom stereocenters. The molecule has 0 saturated carbocycles. The van der Waals surface area contributed by atoms with Gasteiger partial charge < -0.3 is 15.2 Å². The lowest BCUT2D eigenvalue weighted by Crippen LogP contribution is -2.05. The number of nitrogens with zero attached hydrogens (tertiary/aromatic N) is 2. The van der Waals surface area contributed by atoms with Gasteiger partial charge in [-0.15, -0.1) is 0 Å². The van der Waals surface area contributed by atoms with Crippen LogP contribution in [0.25, 0.3) is 0 Å². The summed E-state index contributed by atoms with van der Waals surface area (Å²) in [6, 6.07) is 5.64. The maximum atomic E-state index is 6.19. The van der Waals surface area contributed by atoms with Crippen LogP contribution in [0.15, 0.2) is 18.2 Å². The zero-order valence-corrected chi connectivity index (χ0v) is 12.6. The molecule has 0 aliphatic carbocycles. The third kappa shape index (κ3) is 2.73. The van der Waals surface area contributed by atoms with Gasteiger partial charge in [0.2, 0.25) is 0 Å². The van der Waals surface area contributed by atoms with Crippen molar-refractivity contribution < 1.29 is 9.47 Å². The normalized spacial score (nSPS) is 10.7. The first-order chi connectivity index (χ1) is 9.58. The number of para-hydroxylation sites is 1. The van der Waals surface area contributed by atoms with Gasteiger partial charge in [0.25, 0.3) is 0 Å². The van der Waals surface area contributed by atoms with Crippen molar-refractivity contribution in [3.63, 3.8) is 0 Å². The highest BCUT2D eigenvalue weighted by Crippen LogP contribution is 2.32. The van der Waals surface area contributed by atoms with Crippen molar-refractivity contribution in [1.29, 1.82) is 0 Å². The third-order valence-corrected chi connectivity index (χ3v) is 3.60. The molecule has 0 saturated heterocycles. The van der Waals surface area contributed by atoms with Crippen molar-refractivity contribution in [1.82, 2.24) is 9.78 Å². The molecule has 0 aliphatic heterocycles. The second kappa shape index (κ2) is 6.15. The minimum atomic E-state index is 0.325. The van der Waals surface area contributed by atoms with Crippen LogP contribution in [0.1, 0.15) is 16.8 Å². The van der Waals surface area contributed by atoms with Crippen molar-refractivity contribution in [2.75, 3.05) is 7.11 Å². The van der Waals surface area contributed by atoms with Gasteiger partial charge in [-0.1, -0.05) is 23.7 Å². The van der Waals surface area contributed by atoms with E-state index in [9.17, 15) is 0 Å². The van der Waals surface area contributed by atoms with E-state index < -0.39 is 0 Å². The molecule has 6 heteroatoms. The van der Waals surface area contributed by atoms with Crippen LogP contribution in [0, 0.1) is 6.92 Å². The predicted octanol–water partition coefficient (Wildman–Crippen LogP) is 2.43. The first-order valence-corrected chi connectivity index (χ1v) is 6.63. The van der Waals surface area contributed by atoms with Gasteiger partial charge in [0, 0.05) is 24.7 Å². The van der Waals surface area contributed by atoms with Crippen LogP contribution in [0.5, 0.6) is 11.5 Å². The minimum Gasteiger partial charge on any atom is -0.493 e. The minimum absolute atomic E-state index is 0.325. The fourth-order valence-electron chi connectivity index (χ4n) is 2.03. The monoisotopic (exact) mass is 295 g/mol. The molecule has 5 nitrogen and oxygen atoms in total. The summed E-state index contributed by atoms with van der Waals surface area (Å²) in [5, 5.41) is 4.83. The number of halogens is 1. The van der Waals surface area contributed by atoms with Crippen molar-refractivity contribution in [3.05, 3.63) is 40.2 Å². The molecule has 2 N–H and O–H groups in total. The number of nitrogens with two attached hydrogens (primary N) is 1. The summed E-state index contributed by atoms with van der Waals surface area (Å²) in [5.74, 6) is 1.31. The molecule has 1 aromatic heterocycles. The first kappa shape index (κ1) is 14.7. The first-order valence-electron chi connectivity index (χ1n) is 6.25. The third-order valence-electron chi connectivity index (χ3n) is 3.13. The SMILES string of the molecule is COc1cccc(CN)c1OCc1c(C)nn(C)c1Cl. The smallest absolute Gasteiger partial charge is 0.166 e. The maximum Gasteiger partial charge on any atom is 0.166 e. The summed E-state index contributed by atoms with van der Waals surface area (Å²) in [4.78, 5) is 0. The summed E-state index contributed by atoms with van der Waals surface area (Å²) in [6.45, 7) is 2.61. The van der Waals surface area contributed by atoms with Crippen LogP contribution in [-0.2, 0) is 20.2 Å². The Morgan fingerprint density at radius 1 is 1.40 bits per heavy atom. The lowest BCUT2D eigenvalue weighted by Gasteiger charge is -2.14. The molecular formula is C14H18ClN3O2. The van der Waals surface area contributed by atoms with Crippen molar-refractivity contribution >= 4 is 11.6 Å². The molecule has 2 aromatic rings. The zero-order valence-electron chi connectivity index (χ0n) is 11.8. The largest absolute Gasteiger partial charge is 0.493 e. The van der Waals surface area contributed by atoms with Gasteiger partial charge in [-0.05, 0) is 13.0 Å². The van der Waals surface area contributed by atoms with E-state index in [4.69, 9.17) is 26.8 Å². The molecule has 1 aromatic carbocycles. The van der Waals surface area contributed by atoms with E-state index in [2.05, 4.69) is 5.10 Å². The average molecular weight is 296 g/mol. The van der Waals surface area contributed by atoms with Crippen LogP contribution < -0.4 is 15.2 Å². The van der Waals surface area contributed by atoms with Gasteiger partial charge >= 0.3 is 0 Å². The van der Waals surface area contributed by atoms with Gasteiger partial charge in [0.15, 0.2) is 11.5 Å². The maximum absolute atomic E-state index is 6.19. The van der Waals surface area contributed by atoms with Crippen LogP contribution in [0.4, 0.5) is 0 Å². The van der Waals surface area contributed by atoms with E-state index in [1.807, 2.05) is 25.1 Å². The van der Waals surface area contributed by atoms with Crippen molar-refractivity contribution in [2.45, 2.75) is 20.1 Å². The van der Waals surface area contributed by atoms with E-state index in [1.165, 1.54) is 0 Å². The highest BCUT2D eigenvalue weighted by atomic mass is 35.5. The number of rotatable bonds is 5. The second-order valence-corrected chi connectivity index (χ2v) is 4.78. The Labute approximate surface area is 123 Å². The molecule has 2 rings (SSSR count). The Morgan fingerprint density at radius 2 is 2.15 bits per heavy atom. The Kier molecular flexibility index (Phi) is 4.52. The van der Waals surface area contributed by atoms with E-state index in [-0.39, 0.29) is 0 Å². The van der Waals surface area contributed by atoms with Gasteiger partial charge in [-0.2, -0.15) is 5.10 Å². The number of methoxy groups -OCH3 is 1. The number of ether oxygens (including phenoxy) is 2. The van der Waals surface area contributed by atoms with Crippen LogP contribution in [-0.4, -0.2) is 16.9 Å². The van der Waals surface area contributed by atoms with Gasteiger partial charge in [0.05, 0.1) is 12.8 Å². The number of benzene rings is 1. The van der Waals surface area contributed by atoms with Crippen molar-refractivity contribution in [2.24, 2.45) is 12.8 Å². The highest BCUT2D eigenvalue weighted by Gasteiger charge is 2.15. The zero-order chi connectivity index (χ0) is 14.7. The summed E-state index contributed by atoms with van der Waals surface area (Å²) < 4.78 is 12.8. The highest BCUT2D eigenvalue weighted by molar-refractivity contribution is 6.30. The second-order valence-electron chi connectivity index (χ2n) is 4.42. The topological polar surface area (TPSA) is 62.3 Å². The van der Waals surface area contributed by atoms with Crippen LogP contribution in [0.2, 0.25) is 5.15 Å². The van der Waals surface area contributed by atoms with E-state index in [0.29, 0.717) is 29.8 Å². The van der Waals surface area contributed by atoms with E-state index >= 15 is 0 Å². The summed E-state index contributed by atoms with van der Waals surface area (Å²) in [5.41, 5.74) is 8.33. The summed E-state index contributed by atoms with van der Waals surface area (Å²) in [6.07, 6.45) is 0. The number of hydrogen-bond donors (Lipinski definition) is 1. The molecule has 108 valence electrons. The molecule has 0 fully saturated rings.